The molecule has 2 rings (SSSR count). The quantitative estimate of drug-likeness (QED) is 0.907. The van der Waals surface area contributed by atoms with Crippen LogP contribution in [0.3, 0.4) is 0 Å². The second-order valence-corrected chi connectivity index (χ2v) is 4.96. The van der Waals surface area contributed by atoms with Crippen LogP contribution in [0.1, 0.15) is 27.0 Å². The van der Waals surface area contributed by atoms with Gasteiger partial charge in [0.2, 0.25) is 0 Å². The molecule has 2 aromatic carbocycles. The van der Waals surface area contributed by atoms with Crippen LogP contribution in [0.25, 0.3) is 0 Å². The topological polar surface area (TPSA) is 29.1 Å². The molecule has 0 saturated heterocycles. The fourth-order valence-corrected chi connectivity index (χ4v) is 2.08. The molecule has 0 aromatic heterocycles. The van der Waals surface area contributed by atoms with Crippen molar-refractivity contribution >= 4 is 5.91 Å². The number of carbonyl (C=O) groups is 1. The fourth-order valence-electron chi connectivity index (χ4n) is 2.08. The number of benzene rings is 2. The van der Waals surface area contributed by atoms with Crippen LogP contribution < -0.4 is 5.32 Å². The number of hydrogen-bond acceptors (Lipinski definition) is 1. The van der Waals surface area contributed by atoms with Crippen molar-refractivity contribution in [3.8, 4) is 0 Å². The van der Waals surface area contributed by atoms with E-state index in [0.29, 0.717) is 17.7 Å². The highest BCUT2D eigenvalue weighted by Gasteiger charge is 2.07. The molecule has 0 radical (unpaired) electrons. The van der Waals surface area contributed by atoms with Gasteiger partial charge in [-0.1, -0.05) is 29.8 Å². The van der Waals surface area contributed by atoms with Crippen molar-refractivity contribution in [2.75, 3.05) is 6.54 Å². The van der Waals surface area contributed by atoms with E-state index in [4.69, 9.17) is 0 Å². The first-order valence-corrected chi connectivity index (χ1v) is 6.66. The Balaban J connectivity index is 1.90. The van der Waals surface area contributed by atoms with Gasteiger partial charge >= 0.3 is 0 Å². The van der Waals surface area contributed by atoms with Crippen LogP contribution in [0.5, 0.6) is 0 Å². The Morgan fingerprint density at radius 2 is 1.95 bits per heavy atom. The van der Waals surface area contributed by atoms with E-state index >= 15 is 0 Å². The van der Waals surface area contributed by atoms with Crippen LogP contribution in [-0.4, -0.2) is 12.5 Å². The van der Waals surface area contributed by atoms with E-state index in [9.17, 15) is 9.18 Å². The number of aryl methyl sites for hydroxylation is 2. The lowest BCUT2D eigenvalue weighted by atomic mass is 10.1. The Morgan fingerprint density at radius 3 is 2.65 bits per heavy atom. The summed E-state index contributed by atoms with van der Waals surface area (Å²) < 4.78 is 13.1. The van der Waals surface area contributed by atoms with E-state index < -0.39 is 0 Å². The summed E-state index contributed by atoms with van der Waals surface area (Å²) >= 11 is 0. The number of rotatable bonds is 4. The van der Waals surface area contributed by atoms with Gasteiger partial charge in [0.1, 0.15) is 5.82 Å². The Labute approximate surface area is 118 Å². The van der Waals surface area contributed by atoms with E-state index in [0.717, 1.165) is 6.42 Å². The van der Waals surface area contributed by atoms with Crippen LogP contribution in [0.2, 0.25) is 0 Å². The monoisotopic (exact) mass is 271 g/mol. The van der Waals surface area contributed by atoms with E-state index in [1.807, 2.05) is 25.1 Å². The summed E-state index contributed by atoms with van der Waals surface area (Å²) in [6.07, 6.45) is 0.785. The van der Waals surface area contributed by atoms with Gasteiger partial charge in [-0.25, -0.2) is 4.39 Å². The van der Waals surface area contributed by atoms with Crippen molar-refractivity contribution in [1.29, 1.82) is 0 Å². The molecule has 0 saturated carbocycles. The average molecular weight is 271 g/mol. The van der Waals surface area contributed by atoms with Gasteiger partial charge in [0.05, 0.1) is 0 Å². The second kappa shape index (κ2) is 6.33. The standard InChI is InChI=1S/C17H18FNO/c1-12-4-3-5-14(10-12)8-9-19-17(20)15-6-7-16(18)13(2)11-15/h3-7,10-11H,8-9H2,1-2H3,(H,19,20). The number of carbonyl (C=O) groups excluding carboxylic acids is 1. The van der Waals surface area contributed by atoms with E-state index in [1.165, 1.54) is 23.3 Å². The zero-order valence-corrected chi connectivity index (χ0v) is 11.7. The van der Waals surface area contributed by atoms with Gasteiger partial charge in [-0.05, 0) is 49.6 Å². The third kappa shape index (κ3) is 3.67. The number of nitrogens with one attached hydrogen (secondary N) is 1. The van der Waals surface area contributed by atoms with Crippen LogP contribution in [-0.2, 0) is 6.42 Å². The Hall–Kier alpha value is -2.16. The van der Waals surface area contributed by atoms with Crippen molar-refractivity contribution in [3.63, 3.8) is 0 Å². The highest BCUT2D eigenvalue weighted by atomic mass is 19.1. The first-order chi connectivity index (χ1) is 9.56. The molecular formula is C17H18FNO. The fraction of sp³-hybridized carbons (Fsp3) is 0.235. The molecule has 0 aliphatic rings. The van der Waals surface area contributed by atoms with Crippen LogP contribution >= 0.6 is 0 Å². The number of halogens is 1. The molecular weight excluding hydrogens is 253 g/mol. The molecule has 0 fully saturated rings. The van der Waals surface area contributed by atoms with Gasteiger partial charge in [0, 0.05) is 12.1 Å². The molecule has 2 aromatic rings. The Morgan fingerprint density at radius 1 is 1.15 bits per heavy atom. The van der Waals surface area contributed by atoms with Crippen molar-refractivity contribution < 1.29 is 9.18 Å². The maximum absolute atomic E-state index is 13.1. The van der Waals surface area contributed by atoms with Crippen molar-refractivity contribution in [2.45, 2.75) is 20.3 Å². The smallest absolute Gasteiger partial charge is 0.251 e. The highest BCUT2D eigenvalue weighted by molar-refractivity contribution is 5.94. The van der Waals surface area contributed by atoms with Crippen molar-refractivity contribution in [3.05, 3.63) is 70.5 Å². The summed E-state index contributed by atoms with van der Waals surface area (Å²) in [5.41, 5.74) is 3.38. The van der Waals surface area contributed by atoms with Gasteiger partial charge in [-0.15, -0.1) is 0 Å². The molecule has 0 unspecified atom stereocenters. The van der Waals surface area contributed by atoms with E-state index in [-0.39, 0.29) is 11.7 Å². The average Bonchev–Trinajstić information content (AvgIpc) is 2.42. The highest BCUT2D eigenvalue weighted by Crippen LogP contribution is 2.09. The maximum atomic E-state index is 13.1. The zero-order chi connectivity index (χ0) is 14.5. The molecule has 3 heteroatoms. The van der Waals surface area contributed by atoms with Crippen molar-refractivity contribution in [1.82, 2.24) is 5.32 Å². The van der Waals surface area contributed by atoms with Crippen LogP contribution in [0.15, 0.2) is 42.5 Å². The van der Waals surface area contributed by atoms with Gasteiger partial charge in [-0.2, -0.15) is 0 Å². The molecule has 1 amide bonds. The summed E-state index contributed by atoms with van der Waals surface area (Å²) in [5.74, 6) is -0.456. The molecule has 0 heterocycles. The van der Waals surface area contributed by atoms with Crippen LogP contribution in [0.4, 0.5) is 4.39 Å². The minimum absolute atomic E-state index is 0.166. The molecule has 0 atom stereocenters. The van der Waals surface area contributed by atoms with Gasteiger partial charge in [0.25, 0.3) is 5.91 Å². The summed E-state index contributed by atoms with van der Waals surface area (Å²) in [6.45, 7) is 4.26. The molecule has 2 nitrogen and oxygen atoms in total. The SMILES string of the molecule is Cc1cccc(CCNC(=O)c2ccc(F)c(C)c2)c1. The van der Waals surface area contributed by atoms with Crippen molar-refractivity contribution in [2.24, 2.45) is 0 Å². The molecule has 0 bridgehead atoms. The molecule has 0 aliphatic heterocycles. The summed E-state index contributed by atoms with van der Waals surface area (Å²) in [5, 5.41) is 2.85. The first-order valence-electron chi connectivity index (χ1n) is 6.66. The maximum Gasteiger partial charge on any atom is 0.251 e. The van der Waals surface area contributed by atoms with Crippen LogP contribution in [0, 0.1) is 19.7 Å². The first kappa shape index (κ1) is 14.3. The van der Waals surface area contributed by atoms with E-state index in [1.54, 1.807) is 13.0 Å². The summed E-state index contributed by atoms with van der Waals surface area (Å²) in [6, 6.07) is 12.6. The zero-order valence-electron chi connectivity index (χ0n) is 11.7. The third-order valence-electron chi connectivity index (χ3n) is 3.20. The normalized spacial score (nSPS) is 10.3. The van der Waals surface area contributed by atoms with E-state index in [2.05, 4.69) is 11.4 Å². The predicted molar refractivity (Wildman–Crippen MR) is 78.4 cm³/mol. The molecule has 0 aliphatic carbocycles. The second-order valence-electron chi connectivity index (χ2n) is 4.96. The summed E-state index contributed by atoms with van der Waals surface area (Å²) in [7, 11) is 0. The lowest BCUT2D eigenvalue weighted by Crippen LogP contribution is -2.25. The van der Waals surface area contributed by atoms with Gasteiger partial charge < -0.3 is 5.32 Å². The molecule has 1 N–H and O–H groups in total. The largest absolute Gasteiger partial charge is 0.352 e. The third-order valence-corrected chi connectivity index (χ3v) is 3.20. The summed E-state index contributed by atoms with van der Waals surface area (Å²) in [4.78, 5) is 11.9. The molecule has 104 valence electrons. The predicted octanol–water partition coefficient (Wildman–Crippen LogP) is 3.42. The van der Waals surface area contributed by atoms with Gasteiger partial charge in [0.15, 0.2) is 0 Å². The molecule has 0 spiro atoms. The Kier molecular flexibility index (Phi) is 4.51. The Bertz CT molecular complexity index is 622. The lowest BCUT2D eigenvalue weighted by molar-refractivity contribution is 0.0954. The lowest BCUT2D eigenvalue weighted by Gasteiger charge is -2.07. The van der Waals surface area contributed by atoms with Gasteiger partial charge in [-0.3, -0.25) is 4.79 Å². The number of hydrogen-bond donors (Lipinski definition) is 1. The minimum atomic E-state index is -0.290. The molecule has 20 heavy (non-hydrogen) atoms. The minimum Gasteiger partial charge on any atom is -0.352 e. The number of amides is 1.